The third-order valence-corrected chi connectivity index (χ3v) is 6.43. The number of carbonyl (C=O) groups excluding carboxylic acids is 1. The average Bonchev–Trinajstić information content (AvgIpc) is 3.04. The second-order valence-electron chi connectivity index (χ2n) is 6.20. The number of amides is 1. The summed E-state index contributed by atoms with van der Waals surface area (Å²) in [6.45, 7) is 0.319. The van der Waals surface area contributed by atoms with E-state index >= 15 is 0 Å². The fourth-order valence-corrected chi connectivity index (χ4v) is 5.19. The monoisotopic (exact) mass is 347 g/mol. The van der Waals surface area contributed by atoms with Gasteiger partial charge in [0.15, 0.2) is 0 Å². The quantitative estimate of drug-likeness (QED) is 0.909. The van der Waals surface area contributed by atoms with Crippen molar-refractivity contribution in [1.82, 2.24) is 4.31 Å². The molecule has 1 atom stereocenters. The van der Waals surface area contributed by atoms with Gasteiger partial charge in [-0.3, -0.25) is 4.79 Å². The Morgan fingerprint density at radius 3 is 2.50 bits per heavy atom. The second-order valence-corrected chi connectivity index (χ2v) is 8.06. The number of fused-ring (bicyclic) bond motifs is 1. The zero-order chi connectivity index (χ0) is 17.5. The van der Waals surface area contributed by atoms with Crippen molar-refractivity contribution in [2.45, 2.75) is 23.8 Å². The molecule has 7 heteroatoms. The van der Waals surface area contributed by atoms with Gasteiger partial charge in [0.05, 0.1) is 4.90 Å². The molecule has 0 unspecified atom stereocenters. The van der Waals surface area contributed by atoms with E-state index < -0.39 is 22.0 Å². The van der Waals surface area contributed by atoms with Gasteiger partial charge >= 0.3 is 0 Å². The van der Waals surface area contributed by atoms with Crippen molar-refractivity contribution < 1.29 is 13.2 Å². The molecule has 1 aliphatic rings. The number of nitrogens with two attached hydrogens (primary N) is 1. The predicted molar refractivity (Wildman–Crippen MR) is 94.4 cm³/mol. The maximum atomic E-state index is 13.1. The van der Waals surface area contributed by atoms with Gasteiger partial charge in [-0.2, -0.15) is 4.31 Å². The highest BCUT2D eigenvalue weighted by Gasteiger charge is 2.39. The van der Waals surface area contributed by atoms with Crippen molar-refractivity contribution in [2.24, 2.45) is 5.73 Å². The number of nitrogens with zero attached hydrogens (tertiary/aromatic N) is 2. The molecule has 0 bridgehead atoms. The van der Waals surface area contributed by atoms with E-state index in [9.17, 15) is 13.2 Å². The van der Waals surface area contributed by atoms with Crippen molar-refractivity contribution in [2.75, 3.05) is 25.5 Å². The fourth-order valence-electron chi connectivity index (χ4n) is 3.32. The lowest BCUT2D eigenvalue weighted by Gasteiger charge is -2.23. The zero-order valence-electron chi connectivity index (χ0n) is 13.8. The molecular formula is C17H21N3O3S. The minimum atomic E-state index is -3.79. The number of anilines is 1. The number of primary amides is 1. The smallest absolute Gasteiger partial charge is 0.244 e. The van der Waals surface area contributed by atoms with Gasteiger partial charge in [-0.25, -0.2) is 8.42 Å². The molecular weight excluding hydrogens is 326 g/mol. The number of hydrogen-bond acceptors (Lipinski definition) is 4. The normalized spacial score (nSPS) is 18.8. The molecule has 1 heterocycles. The summed E-state index contributed by atoms with van der Waals surface area (Å²) in [5, 5.41) is 1.51. The Labute approximate surface area is 141 Å². The zero-order valence-corrected chi connectivity index (χ0v) is 14.6. The van der Waals surface area contributed by atoms with Crippen LogP contribution in [0.3, 0.4) is 0 Å². The number of benzene rings is 2. The van der Waals surface area contributed by atoms with Crippen molar-refractivity contribution in [3.05, 3.63) is 36.4 Å². The molecule has 24 heavy (non-hydrogen) atoms. The van der Waals surface area contributed by atoms with Crippen LogP contribution >= 0.6 is 0 Å². The second kappa shape index (κ2) is 6.07. The Morgan fingerprint density at radius 1 is 1.17 bits per heavy atom. The lowest BCUT2D eigenvalue weighted by atomic mass is 10.1. The lowest BCUT2D eigenvalue weighted by Crippen LogP contribution is -2.43. The molecule has 0 radical (unpaired) electrons. The summed E-state index contributed by atoms with van der Waals surface area (Å²) in [5.41, 5.74) is 6.33. The van der Waals surface area contributed by atoms with Crippen LogP contribution in [0, 0.1) is 0 Å². The molecule has 128 valence electrons. The van der Waals surface area contributed by atoms with E-state index in [1.54, 1.807) is 18.2 Å². The Balaban J connectivity index is 2.19. The molecule has 1 saturated heterocycles. The van der Waals surface area contributed by atoms with Gasteiger partial charge in [0.1, 0.15) is 6.04 Å². The fraction of sp³-hybridized carbons (Fsp3) is 0.353. The SMILES string of the molecule is CN(C)c1cccc2c(S(=O)(=O)N3CCC[C@H]3C(N)=O)cccc12. The molecule has 0 spiro atoms. The maximum absolute atomic E-state index is 13.1. The highest BCUT2D eigenvalue weighted by atomic mass is 32.2. The average molecular weight is 347 g/mol. The molecule has 3 rings (SSSR count). The van der Waals surface area contributed by atoms with Crippen molar-refractivity contribution in [1.29, 1.82) is 0 Å². The van der Waals surface area contributed by atoms with E-state index in [1.165, 1.54) is 4.31 Å². The van der Waals surface area contributed by atoms with Crippen LogP contribution in [0.5, 0.6) is 0 Å². The van der Waals surface area contributed by atoms with Crippen molar-refractivity contribution >= 4 is 32.4 Å². The summed E-state index contributed by atoms with van der Waals surface area (Å²) in [7, 11) is 0.0444. The molecule has 0 saturated carbocycles. The highest BCUT2D eigenvalue weighted by molar-refractivity contribution is 7.89. The third-order valence-electron chi connectivity index (χ3n) is 4.46. The van der Waals surface area contributed by atoms with E-state index in [0.717, 1.165) is 11.1 Å². The van der Waals surface area contributed by atoms with Gasteiger partial charge in [0.2, 0.25) is 15.9 Å². The van der Waals surface area contributed by atoms with Crippen LogP contribution in [0.15, 0.2) is 41.3 Å². The molecule has 6 nitrogen and oxygen atoms in total. The molecule has 0 aliphatic carbocycles. The molecule has 2 N–H and O–H groups in total. The molecule has 0 aromatic heterocycles. The van der Waals surface area contributed by atoms with E-state index in [-0.39, 0.29) is 4.90 Å². The van der Waals surface area contributed by atoms with Gasteiger partial charge in [-0.05, 0) is 25.0 Å². The topological polar surface area (TPSA) is 83.7 Å². The van der Waals surface area contributed by atoms with Crippen molar-refractivity contribution in [3.63, 3.8) is 0 Å². The first-order valence-corrected chi connectivity index (χ1v) is 9.28. The summed E-state index contributed by atoms with van der Waals surface area (Å²) in [6.07, 6.45) is 1.11. The van der Waals surface area contributed by atoms with Crippen molar-refractivity contribution in [3.8, 4) is 0 Å². The number of hydrogen-bond donors (Lipinski definition) is 1. The maximum Gasteiger partial charge on any atom is 0.244 e. The molecule has 2 aromatic rings. The van der Waals surface area contributed by atoms with Crippen LogP contribution in [0.4, 0.5) is 5.69 Å². The summed E-state index contributed by atoms with van der Waals surface area (Å²) >= 11 is 0. The Kier molecular flexibility index (Phi) is 4.23. The summed E-state index contributed by atoms with van der Waals surface area (Å²) in [4.78, 5) is 13.8. The van der Waals surface area contributed by atoms with Crippen LogP contribution < -0.4 is 10.6 Å². The molecule has 2 aromatic carbocycles. The number of carbonyl (C=O) groups is 1. The highest BCUT2D eigenvalue weighted by Crippen LogP contribution is 2.33. The van der Waals surface area contributed by atoms with Crippen LogP contribution in [0.25, 0.3) is 10.8 Å². The van der Waals surface area contributed by atoms with E-state index in [0.29, 0.717) is 24.8 Å². The van der Waals surface area contributed by atoms with Gasteiger partial charge < -0.3 is 10.6 Å². The van der Waals surface area contributed by atoms with E-state index in [2.05, 4.69) is 0 Å². The minimum Gasteiger partial charge on any atom is -0.377 e. The number of rotatable bonds is 4. The standard InChI is InChI=1S/C17H21N3O3S/c1-19(2)14-8-3-7-13-12(14)6-4-10-16(13)24(22,23)20-11-5-9-15(20)17(18)21/h3-4,6-8,10,15H,5,9,11H2,1-2H3,(H2,18,21)/t15-/m0/s1. The Morgan fingerprint density at radius 2 is 1.83 bits per heavy atom. The summed E-state index contributed by atoms with van der Waals surface area (Å²) < 4.78 is 27.5. The van der Waals surface area contributed by atoms with Crippen LogP contribution in [-0.4, -0.2) is 45.3 Å². The van der Waals surface area contributed by atoms with E-state index in [1.807, 2.05) is 37.2 Å². The van der Waals surface area contributed by atoms with Gasteiger partial charge in [0, 0.05) is 37.1 Å². The molecule has 1 amide bonds. The predicted octanol–water partition coefficient (Wildman–Crippen LogP) is 1.54. The number of sulfonamides is 1. The van der Waals surface area contributed by atoms with Crippen LogP contribution in [-0.2, 0) is 14.8 Å². The van der Waals surface area contributed by atoms with E-state index in [4.69, 9.17) is 5.73 Å². The first kappa shape index (κ1) is 16.7. The molecule has 1 aliphatic heterocycles. The van der Waals surface area contributed by atoms with Gasteiger partial charge in [-0.1, -0.05) is 24.3 Å². The van der Waals surface area contributed by atoms with Gasteiger partial charge in [0.25, 0.3) is 0 Å². The third kappa shape index (κ3) is 2.63. The Hall–Kier alpha value is -2.12. The summed E-state index contributed by atoms with van der Waals surface area (Å²) in [5.74, 6) is -0.592. The minimum absolute atomic E-state index is 0.219. The van der Waals surface area contributed by atoms with Crippen LogP contribution in [0.1, 0.15) is 12.8 Å². The summed E-state index contributed by atoms with van der Waals surface area (Å²) in [6, 6.07) is 10.0. The first-order valence-electron chi connectivity index (χ1n) is 7.84. The van der Waals surface area contributed by atoms with Gasteiger partial charge in [-0.15, -0.1) is 0 Å². The first-order chi connectivity index (χ1) is 11.3. The molecule has 1 fully saturated rings. The Bertz CT molecular complexity index is 893. The largest absolute Gasteiger partial charge is 0.377 e. The van der Waals surface area contributed by atoms with Crippen LogP contribution in [0.2, 0.25) is 0 Å². The lowest BCUT2D eigenvalue weighted by molar-refractivity contribution is -0.121.